The highest BCUT2D eigenvalue weighted by molar-refractivity contribution is 7.89. The van der Waals surface area contributed by atoms with Gasteiger partial charge in [-0.05, 0) is 12.1 Å². The molecule has 0 fully saturated rings. The lowest BCUT2D eigenvalue weighted by molar-refractivity contribution is -0.139. The first-order chi connectivity index (χ1) is 9.40. The molecule has 7 nitrogen and oxygen atoms in total. The van der Waals surface area contributed by atoms with Crippen molar-refractivity contribution in [3.8, 4) is 0 Å². The molecule has 1 aromatic heterocycles. The second-order valence-electron chi connectivity index (χ2n) is 4.15. The summed E-state index contributed by atoms with van der Waals surface area (Å²) in [7, 11) is -2.29. The van der Waals surface area contributed by atoms with Crippen molar-refractivity contribution in [3.63, 3.8) is 0 Å². The first-order valence-corrected chi connectivity index (χ1v) is 7.17. The second kappa shape index (κ2) is 5.43. The SMILES string of the molecule is Cn1cc(C(NS(=O)(=O)c2ccccc2)C(=O)O)cn1. The summed E-state index contributed by atoms with van der Waals surface area (Å²) in [6.45, 7) is 0. The summed E-state index contributed by atoms with van der Waals surface area (Å²) in [5, 5.41) is 13.0. The van der Waals surface area contributed by atoms with Crippen molar-refractivity contribution in [2.75, 3.05) is 0 Å². The van der Waals surface area contributed by atoms with Crippen molar-refractivity contribution in [1.29, 1.82) is 0 Å². The third-order valence-corrected chi connectivity index (χ3v) is 4.07. The summed E-state index contributed by atoms with van der Waals surface area (Å²) >= 11 is 0. The standard InChI is InChI=1S/C12H13N3O4S/c1-15-8-9(7-13-15)11(12(16)17)14-20(18,19)10-5-3-2-4-6-10/h2-8,11,14H,1H3,(H,16,17). The van der Waals surface area contributed by atoms with E-state index in [1.165, 1.54) is 29.2 Å². The normalized spacial score (nSPS) is 13.1. The predicted molar refractivity (Wildman–Crippen MR) is 70.3 cm³/mol. The number of rotatable bonds is 5. The second-order valence-corrected chi connectivity index (χ2v) is 5.87. The zero-order chi connectivity index (χ0) is 14.8. The number of carbonyl (C=O) groups is 1. The number of aromatic nitrogens is 2. The van der Waals surface area contributed by atoms with Crippen LogP contribution in [0.3, 0.4) is 0 Å². The lowest BCUT2D eigenvalue weighted by Gasteiger charge is -2.13. The maximum absolute atomic E-state index is 12.1. The Labute approximate surface area is 115 Å². The average Bonchev–Trinajstić information content (AvgIpc) is 2.83. The molecule has 0 aliphatic carbocycles. The molecule has 0 saturated heterocycles. The first kappa shape index (κ1) is 14.2. The zero-order valence-electron chi connectivity index (χ0n) is 10.6. The topological polar surface area (TPSA) is 101 Å². The van der Waals surface area contributed by atoms with E-state index in [1.54, 1.807) is 25.2 Å². The maximum atomic E-state index is 12.1. The molecule has 1 unspecified atom stereocenters. The van der Waals surface area contributed by atoms with Gasteiger partial charge in [0.15, 0.2) is 0 Å². The van der Waals surface area contributed by atoms with Crippen LogP contribution in [0.4, 0.5) is 0 Å². The van der Waals surface area contributed by atoms with Crippen molar-refractivity contribution < 1.29 is 18.3 Å². The van der Waals surface area contributed by atoms with E-state index in [1.807, 2.05) is 0 Å². The number of benzene rings is 1. The lowest BCUT2D eigenvalue weighted by atomic mass is 10.2. The minimum absolute atomic E-state index is 0.00939. The van der Waals surface area contributed by atoms with Crippen molar-refractivity contribution in [2.45, 2.75) is 10.9 Å². The van der Waals surface area contributed by atoms with Crippen LogP contribution in [0, 0.1) is 0 Å². The van der Waals surface area contributed by atoms with Gasteiger partial charge in [0.25, 0.3) is 0 Å². The molecule has 0 spiro atoms. The van der Waals surface area contributed by atoms with Crippen LogP contribution in [-0.4, -0.2) is 29.3 Å². The summed E-state index contributed by atoms with van der Waals surface area (Å²) in [5.41, 5.74) is 0.263. The Morgan fingerprint density at radius 1 is 1.35 bits per heavy atom. The molecule has 0 aliphatic rings. The monoisotopic (exact) mass is 295 g/mol. The Balaban J connectivity index is 2.32. The number of aliphatic carboxylic acids is 1. The number of hydrogen-bond donors (Lipinski definition) is 2. The summed E-state index contributed by atoms with van der Waals surface area (Å²) in [6.07, 6.45) is 2.76. The van der Waals surface area contributed by atoms with Gasteiger partial charge in [0, 0.05) is 18.8 Å². The molecular formula is C12H13N3O4S. The summed E-state index contributed by atoms with van der Waals surface area (Å²) in [6, 6.07) is 6.21. The molecule has 2 aromatic rings. The predicted octanol–water partition coefficient (Wildman–Crippen LogP) is 0.524. The smallest absolute Gasteiger partial charge is 0.326 e. The zero-order valence-corrected chi connectivity index (χ0v) is 11.4. The van der Waals surface area contributed by atoms with Crippen LogP contribution >= 0.6 is 0 Å². The minimum atomic E-state index is -3.91. The Hall–Kier alpha value is -2.19. The summed E-state index contributed by atoms with van der Waals surface area (Å²) in [5.74, 6) is -1.29. The number of carboxylic acid groups (broad SMARTS) is 1. The van der Waals surface area contributed by atoms with Crippen LogP contribution in [0.2, 0.25) is 0 Å². The molecule has 0 aliphatic heterocycles. The fraction of sp³-hybridized carbons (Fsp3) is 0.167. The molecule has 1 heterocycles. The number of aryl methyl sites for hydroxylation is 1. The molecule has 0 radical (unpaired) electrons. The number of nitrogens with zero attached hydrogens (tertiary/aromatic N) is 2. The molecule has 20 heavy (non-hydrogen) atoms. The Morgan fingerprint density at radius 2 is 2.00 bits per heavy atom. The van der Waals surface area contributed by atoms with Gasteiger partial charge < -0.3 is 5.11 Å². The quantitative estimate of drug-likeness (QED) is 0.837. The Bertz CT molecular complexity index is 709. The third-order valence-electron chi connectivity index (χ3n) is 2.63. The van der Waals surface area contributed by atoms with Crippen molar-refractivity contribution in [2.24, 2.45) is 7.05 Å². The summed E-state index contributed by atoms with van der Waals surface area (Å²) < 4.78 is 27.8. The van der Waals surface area contributed by atoms with Gasteiger partial charge in [-0.3, -0.25) is 9.48 Å². The Kier molecular flexibility index (Phi) is 3.86. The van der Waals surface area contributed by atoms with Gasteiger partial charge in [-0.15, -0.1) is 0 Å². The molecular weight excluding hydrogens is 282 g/mol. The van der Waals surface area contributed by atoms with E-state index in [-0.39, 0.29) is 10.5 Å². The first-order valence-electron chi connectivity index (χ1n) is 5.69. The van der Waals surface area contributed by atoms with Crippen LogP contribution in [-0.2, 0) is 21.9 Å². The van der Waals surface area contributed by atoms with Gasteiger partial charge in [-0.2, -0.15) is 9.82 Å². The molecule has 1 aromatic carbocycles. The van der Waals surface area contributed by atoms with Crippen molar-refractivity contribution in [1.82, 2.24) is 14.5 Å². The highest BCUT2D eigenvalue weighted by atomic mass is 32.2. The summed E-state index contributed by atoms with van der Waals surface area (Å²) in [4.78, 5) is 11.3. The molecule has 0 bridgehead atoms. The average molecular weight is 295 g/mol. The van der Waals surface area contributed by atoms with Crippen LogP contribution in [0.1, 0.15) is 11.6 Å². The largest absolute Gasteiger partial charge is 0.480 e. The number of nitrogens with one attached hydrogen (secondary N) is 1. The molecule has 8 heteroatoms. The molecule has 106 valence electrons. The van der Waals surface area contributed by atoms with E-state index >= 15 is 0 Å². The van der Waals surface area contributed by atoms with E-state index in [0.29, 0.717) is 0 Å². The van der Waals surface area contributed by atoms with Crippen LogP contribution in [0.25, 0.3) is 0 Å². The van der Waals surface area contributed by atoms with Gasteiger partial charge >= 0.3 is 5.97 Å². The molecule has 1 atom stereocenters. The molecule has 2 rings (SSSR count). The van der Waals surface area contributed by atoms with Crippen LogP contribution < -0.4 is 4.72 Å². The Morgan fingerprint density at radius 3 is 2.50 bits per heavy atom. The van der Waals surface area contributed by atoms with Crippen molar-refractivity contribution >= 4 is 16.0 Å². The van der Waals surface area contributed by atoms with Gasteiger partial charge in [0.2, 0.25) is 10.0 Å². The lowest BCUT2D eigenvalue weighted by Crippen LogP contribution is -2.33. The highest BCUT2D eigenvalue weighted by Crippen LogP contribution is 2.17. The van der Waals surface area contributed by atoms with E-state index in [0.717, 1.165) is 0 Å². The van der Waals surface area contributed by atoms with Gasteiger partial charge in [0.05, 0.1) is 11.1 Å². The van der Waals surface area contributed by atoms with Crippen LogP contribution in [0.5, 0.6) is 0 Å². The van der Waals surface area contributed by atoms with Gasteiger partial charge in [-0.1, -0.05) is 18.2 Å². The number of sulfonamides is 1. The highest BCUT2D eigenvalue weighted by Gasteiger charge is 2.27. The number of carboxylic acids is 1. The molecule has 0 amide bonds. The fourth-order valence-corrected chi connectivity index (χ4v) is 2.87. The molecule has 2 N–H and O–H groups in total. The fourth-order valence-electron chi connectivity index (χ4n) is 1.67. The van der Waals surface area contributed by atoms with Gasteiger partial charge in [-0.25, -0.2) is 8.42 Å². The number of hydrogen-bond acceptors (Lipinski definition) is 4. The van der Waals surface area contributed by atoms with E-state index in [4.69, 9.17) is 0 Å². The molecule has 0 saturated carbocycles. The van der Waals surface area contributed by atoms with Gasteiger partial charge in [0.1, 0.15) is 6.04 Å². The maximum Gasteiger partial charge on any atom is 0.326 e. The van der Waals surface area contributed by atoms with Crippen molar-refractivity contribution in [3.05, 3.63) is 48.3 Å². The third kappa shape index (κ3) is 3.03. The van der Waals surface area contributed by atoms with E-state index < -0.39 is 22.0 Å². The minimum Gasteiger partial charge on any atom is -0.480 e. The van der Waals surface area contributed by atoms with E-state index in [9.17, 15) is 18.3 Å². The van der Waals surface area contributed by atoms with Crippen LogP contribution in [0.15, 0.2) is 47.6 Å². The van der Waals surface area contributed by atoms with E-state index in [2.05, 4.69) is 9.82 Å².